The molecule has 0 saturated carbocycles. The van der Waals surface area contributed by atoms with Crippen LogP contribution >= 0.6 is 135 Å². The van der Waals surface area contributed by atoms with Crippen molar-refractivity contribution in [1.29, 1.82) is 0 Å². The number of hydrogen-bond donors (Lipinski definition) is 2. The number of carbonyl (C=O) groups is 2. The predicted molar refractivity (Wildman–Crippen MR) is 457 cm³/mol. The second-order valence-corrected chi connectivity index (χ2v) is 38.0. The number of esters is 1. The van der Waals surface area contributed by atoms with Crippen molar-refractivity contribution < 1.29 is 88.1 Å². The first-order valence-corrected chi connectivity index (χ1v) is 44.5. The summed E-state index contributed by atoms with van der Waals surface area (Å²) < 4.78 is 105. The molecule has 12 rings (SSSR count). The van der Waals surface area contributed by atoms with Crippen molar-refractivity contribution in [2.75, 3.05) is 24.4 Å². The Kier molecular flexibility index (Phi) is 37.4. The number of carboxylic acid groups (broad SMARTS) is 1. The van der Waals surface area contributed by atoms with Gasteiger partial charge in [0.2, 0.25) is 0 Å². The van der Waals surface area contributed by atoms with Crippen molar-refractivity contribution >= 4 is 186 Å². The summed E-state index contributed by atoms with van der Waals surface area (Å²) in [5.41, 5.74) is 17.4. The smallest absolute Gasteiger partial charge is 0.870 e. The van der Waals surface area contributed by atoms with Gasteiger partial charge in [0.1, 0.15) is 0 Å². The van der Waals surface area contributed by atoms with Gasteiger partial charge >= 0.3 is 41.5 Å². The fourth-order valence-electron chi connectivity index (χ4n) is 10.7. The van der Waals surface area contributed by atoms with Crippen LogP contribution in [0, 0.1) is 0 Å². The maximum absolute atomic E-state index is 12.8. The quantitative estimate of drug-likeness (QED) is 0.0409. The van der Waals surface area contributed by atoms with Crippen molar-refractivity contribution in [3.8, 4) is 44.5 Å². The third kappa shape index (κ3) is 28.7. The van der Waals surface area contributed by atoms with E-state index in [1.165, 1.54) is 97.1 Å². The number of carboxylic acids is 1. The Morgan fingerprint density at radius 1 is 0.348 bits per heavy atom. The number of benzene rings is 12. The van der Waals surface area contributed by atoms with Crippen LogP contribution in [0.4, 0.5) is 0 Å². The molecule has 0 saturated heterocycles. The van der Waals surface area contributed by atoms with Gasteiger partial charge in [-0.3, -0.25) is 0 Å². The number of rotatable bonds is 20. The number of carbonyl (C=O) groups excluding carboxylic acids is 1. The molecule has 14 nitrogen and oxygen atoms in total. The van der Waals surface area contributed by atoms with Gasteiger partial charge in [0, 0.05) is 66.4 Å². The third-order valence-electron chi connectivity index (χ3n) is 16.2. The van der Waals surface area contributed by atoms with Gasteiger partial charge in [-0.1, -0.05) is 288 Å². The van der Waals surface area contributed by atoms with E-state index in [9.17, 15) is 48.4 Å². The van der Waals surface area contributed by atoms with Crippen molar-refractivity contribution in [2.45, 2.75) is 45.4 Å². The van der Waals surface area contributed by atoms with E-state index in [-0.39, 0.29) is 120 Å². The maximum Gasteiger partial charge on any atom is 1.00 e. The first-order chi connectivity index (χ1) is 52.1. The Bertz CT molecular complexity index is 5680. The number of methoxy groups -OCH3 is 1. The van der Waals surface area contributed by atoms with Gasteiger partial charge < -0.3 is 21.1 Å². The summed E-state index contributed by atoms with van der Waals surface area (Å²) in [5.74, 6) is -2.10. The summed E-state index contributed by atoms with van der Waals surface area (Å²) in [6.07, 6.45) is 0.570. The molecule has 12 aromatic carbocycles. The number of aromatic carboxylic acids is 1. The summed E-state index contributed by atoms with van der Waals surface area (Å²) in [6, 6.07) is 78.4. The van der Waals surface area contributed by atoms with Gasteiger partial charge in [-0.25, -0.2) is 43.3 Å². The molecule has 0 bridgehead atoms. The van der Waals surface area contributed by atoms with Crippen molar-refractivity contribution in [3.63, 3.8) is 0 Å². The molecule has 112 heavy (non-hydrogen) atoms. The molecular weight excluding hydrogens is 1840 g/mol. The largest absolute Gasteiger partial charge is 1.00 e. The standard InChI is InChI=1S/C22H18Cl2O4S.C21H16Cl2O4S.C20H15BrCl2O2S.C13H12BrN.C6H3Cl3O2S.Na.H2O/c1-28-22(25)21-8-7-16(15-5-3-2-4-6-15)11-17(21)9-10-29(26,27)20-13-18(23)12-19(24)14-20;22-17-11-18(23)13-19(12-17)28(26,27)9-8-16-10-15(6-7-20(16)21(24)25)14-4-2-1-3-5-14;21-20-7-6-15(14-4-2-1-3-5-14)10-16(20)8-9-26(24,25)19-12-17(22)11-18(23)13-19;14-13-7-6-11(8-12(13)9-15)10-4-2-1-3-5-10;7-4-1-5(8)3-6(2-4)12(9,10)11;;/h2-8,11-14H,9-10H2,1H3;1-7,10-13H,8-9H2,(H,24,25);1-7,10-13H,8-9H2;1-8H,9,15H2;1-3H;;1H2/q;;;;;+1;/p-1. The zero-order valence-corrected chi connectivity index (χ0v) is 74.3. The van der Waals surface area contributed by atoms with Crippen molar-refractivity contribution in [2.24, 2.45) is 5.73 Å². The normalized spacial score (nSPS) is 11.0. The van der Waals surface area contributed by atoms with Gasteiger partial charge in [0.05, 0.1) is 55.1 Å². The van der Waals surface area contributed by atoms with Gasteiger partial charge in [-0.05, 0) is 189 Å². The topological polar surface area (TPSA) is 256 Å². The zero-order valence-electron chi connectivity index (χ0n) is 59.1. The second kappa shape index (κ2) is 44.3. The van der Waals surface area contributed by atoms with Crippen molar-refractivity contribution in [1.82, 2.24) is 0 Å². The Morgan fingerprint density at radius 3 is 0.884 bits per heavy atom. The summed E-state index contributed by atoms with van der Waals surface area (Å²) in [7, 11) is -8.22. The van der Waals surface area contributed by atoms with E-state index in [4.69, 9.17) is 114 Å². The second-order valence-electron chi connectivity index (χ2n) is 23.9. The molecule has 12 aromatic rings. The van der Waals surface area contributed by atoms with Crippen LogP contribution in [0.3, 0.4) is 0 Å². The Labute approximate surface area is 735 Å². The molecule has 0 aliphatic heterocycles. The Hall–Kier alpha value is -6.13. The van der Waals surface area contributed by atoms with Crippen LogP contribution < -0.4 is 35.3 Å². The summed E-state index contributed by atoms with van der Waals surface area (Å²) in [5, 5.41) is 11.5. The predicted octanol–water partition coefficient (Wildman–Crippen LogP) is 20.6. The summed E-state index contributed by atoms with van der Waals surface area (Å²) in [4.78, 5) is 23.8. The fourth-order valence-corrected chi connectivity index (χ4v) is 19.0. The van der Waals surface area contributed by atoms with Gasteiger partial charge in [0.15, 0.2) is 29.5 Å². The first-order valence-electron chi connectivity index (χ1n) is 32.6. The average molecular weight is 1900 g/mol. The molecule has 0 aliphatic rings. The molecule has 0 heterocycles. The molecule has 0 aromatic heterocycles. The molecule has 0 radical (unpaired) electrons. The Balaban J connectivity index is 0.000000224. The van der Waals surface area contributed by atoms with Gasteiger partial charge in [0.25, 0.3) is 9.05 Å². The van der Waals surface area contributed by atoms with E-state index in [1.807, 2.05) is 146 Å². The average Bonchev–Trinajstić information content (AvgIpc) is 0.793. The maximum atomic E-state index is 12.8. The molecule has 0 atom stereocenters. The van der Waals surface area contributed by atoms with E-state index in [0.717, 1.165) is 53.5 Å². The molecule has 0 spiro atoms. The number of sulfone groups is 3. The molecule has 0 aliphatic carbocycles. The monoisotopic (exact) mass is 1890 g/mol. The number of ether oxygens (including phenoxy) is 1. The van der Waals surface area contributed by atoms with Gasteiger partial charge in [-0.2, -0.15) is 0 Å². The summed E-state index contributed by atoms with van der Waals surface area (Å²) >= 11 is 53.6. The minimum atomic E-state index is -3.74. The zero-order chi connectivity index (χ0) is 80.1. The molecule has 0 fully saturated rings. The number of aryl methyl sites for hydroxylation is 3. The molecule has 0 unspecified atom stereocenters. The van der Waals surface area contributed by atoms with Crippen LogP contribution in [-0.2, 0) is 69.1 Å². The van der Waals surface area contributed by atoms with Crippen LogP contribution in [-0.4, -0.2) is 80.6 Å². The Morgan fingerprint density at radius 2 is 0.598 bits per heavy atom. The first kappa shape index (κ1) is 94.7. The van der Waals surface area contributed by atoms with E-state index < -0.39 is 50.5 Å². The molecule has 4 N–H and O–H groups in total. The third-order valence-corrected chi connectivity index (χ3v) is 25.9. The van der Waals surface area contributed by atoms with Crippen LogP contribution in [0.2, 0.25) is 40.2 Å². The molecule has 578 valence electrons. The molecule has 30 heteroatoms. The van der Waals surface area contributed by atoms with Crippen LogP contribution in [0.1, 0.15) is 43.0 Å². The van der Waals surface area contributed by atoms with Crippen LogP contribution in [0.15, 0.2) is 295 Å². The van der Waals surface area contributed by atoms with Crippen molar-refractivity contribution in [3.05, 3.63) is 349 Å². The number of hydrogen-bond acceptors (Lipinski definition) is 13. The minimum Gasteiger partial charge on any atom is -0.870 e. The minimum absolute atomic E-state index is 0. The number of nitrogens with two attached hydrogens (primary N) is 1. The van der Waals surface area contributed by atoms with E-state index in [1.54, 1.807) is 18.2 Å². The van der Waals surface area contributed by atoms with Gasteiger partial charge in [-0.15, -0.1) is 0 Å². The SMILES string of the molecule is COC(=O)c1ccc(-c2ccccc2)cc1CCS(=O)(=O)c1cc(Cl)cc(Cl)c1.NCc1cc(-c2ccccc2)ccc1Br.O=C(O)c1ccc(-c2ccccc2)cc1CCS(=O)(=O)c1cc(Cl)cc(Cl)c1.O=S(=O)(CCc1cc(-c2ccccc2)ccc1Br)c1cc(Cl)cc(Cl)c1.O=S(=O)(Cl)c1cc(Cl)cc(Cl)c1.[Na+].[OH-]. The molecule has 0 amide bonds. The van der Waals surface area contributed by atoms with Crippen LogP contribution in [0.5, 0.6) is 0 Å². The van der Waals surface area contributed by atoms with Crippen LogP contribution in [0.25, 0.3) is 44.5 Å². The number of halogens is 11. The fraction of sp³-hybridized carbons (Fsp3) is 0.0976. The van der Waals surface area contributed by atoms with E-state index in [2.05, 4.69) is 56.1 Å². The van der Waals surface area contributed by atoms with E-state index in [0.29, 0.717) is 39.7 Å². The molecular formula is C82H65Br2Cl9NNaO13S4. The van der Waals surface area contributed by atoms with E-state index >= 15 is 0 Å². The summed E-state index contributed by atoms with van der Waals surface area (Å²) in [6.45, 7) is 0.557.